The summed E-state index contributed by atoms with van der Waals surface area (Å²) < 4.78 is 24.5. The number of nitrogens with zero attached hydrogens (tertiary/aromatic N) is 1. The van der Waals surface area contributed by atoms with E-state index in [9.17, 15) is 9.18 Å². The molecule has 5 nitrogen and oxygen atoms in total. The highest BCUT2D eigenvalue weighted by Gasteiger charge is 2.22. The van der Waals surface area contributed by atoms with Gasteiger partial charge in [0, 0.05) is 25.6 Å². The molecular weight excluding hydrogens is 383 g/mol. The fraction of sp³-hybridized carbons (Fsp3) is 0.458. The first-order valence-corrected chi connectivity index (χ1v) is 10.5. The van der Waals surface area contributed by atoms with Crippen LogP contribution in [0.5, 0.6) is 5.75 Å². The van der Waals surface area contributed by atoms with Gasteiger partial charge in [0.05, 0.1) is 26.4 Å². The lowest BCUT2D eigenvalue weighted by Gasteiger charge is -2.30. The fourth-order valence-corrected chi connectivity index (χ4v) is 3.37. The Morgan fingerprint density at radius 1 is 1.17 bits per heavy atom. The predicted molar refractivity (Wildman–Crippen MR) is 115 cm³/mol. The summed E-state index contributed by atoms with van der Waals surface area (Å²) >= 11 is 0. The SMILES string of the molecule is CC(C)COc1ccc(CC(=O)N(Cc2ccc(F)cc2)CC2CNCOC2)cc1. The van der Waals surface area contributed by atoms with Gasteiger partial charge in [0.1, 0.15) is 11.6 Å². The number of amides is 1. The molecule has 1 unspecified atom stereocenters. The number of carbonyl (C=O) groups is 1. The van der Waals surface area contributed by atoms with Gasteiger partial charge in [0.2, 0.25) is 5.91 Å². The molecule has 3 rings (SSSR count). The Morgan fingerprint density at radius 2 is 1.87 bits per heavy atom. The summed E-state index contributed by atoms with van der Waals surface area (Å²) in [7, 11) is 0. The molecule has 30 heavy (non-hydrogen) atoms. The number of halogens is 1. The molecule has 6 heteroatoms. The summed E-state index contributed by atoms with van der Waals surface area (Å²) in [4.78, 5) is 15.0. The van der Waals surface area contributed by atoms with Crippen LogP contribution in [0, 0.1) is 17.7 Å². The molecule has 0 bridgehead atoms. The number of carbonyl (C=O) groups excluding carboxylic acids is 1. The summed E-state index contributed by atoms with van der Waals surface area (Å²) in [5.41, 5.74) is 1.85. The summed E-state index contributed by atoms with van der Waals surface area (Å²) in [5.74, 6) is 1.27. The zero-order chi connectivity index (χ0) is 21.3. The third kappa shape index (κ3) is 7.11. The number of benzene rings is 2. The zero-order valence-electron chi connectivity index (χ0n) is 17.8. The highest BCUT2D eigenvalue weighted by atomic mass is 19.1. The van der Waals surface area contributed by atoms with Gasteiger partial charge >= 0.3 is 0 Å². The largest absolute Gasteiger partial charge is 0.493 e. The maximum atomic E-state index is 13.3. The van der Waals surface area contributed by atoms with Crippen molar-refractivity contribution >= 4 is 5.91 Å². The first-order chi connectivity index (χ1) is 14.5. The van der Waals surface area contributed by atoms with Crippen LogP contribution >= 0.6 is 0 Å². The van der Waals surface area contributed by atoms with Crippen molar-refractivity contribution in [2.75, 3.05) is 33.0 Å². The molecule has 2 aromatic rings. The quantitative estimate of drug-likeness (QED) is 0.681. The molecule has 1 heterocycles. The van der Waals surface area contributed by atoms with E-state index >= 15 is 0 Å². The van der Waals surface area contributed by atoms with Crippen molar-refractivity contribution in [3.05, 3.63) is 65.5 Å². The third-order valence-corrected chi connectivity index (χ3v) is 4.97. The van der Waals surface area contributed by atoms with E-state index < -0.39 is 0 Å². The molecule has 0 aliphatic carbocycles. The van der Waals surface area contributed by atoms with E-state index in [1.165, 1.54) is 12.1 Å². The lowest BCUT2D eigenvalue weighted by Crippen LogP contribution is -2.44. The van der Waals surface area contributed by atoms with Crippen LogP contribution in [-0.2, 0) is 22.5 Å². The molecule has 1 amide bonds. The normalized spacial score (nSPS) is 16.5. The number of hydrogen-bond acceptors (Lipinski definition) is 4. The number of hydrogen-bond donors (Lipinski definition) is 1. The Labute approximate surface area is 178 Å². The highest BCUT2D eigenvalue weighted by Crippen LogP contribution is 2.16. The van der Waals surface area contributed by atoms with Crippen molar-refractivity contribution in [1.82, 2.24) is 10.2 Å². The molecule has 1 aliphatic rings. The number of rotatable bonds is 9. The molecule has 0 radical (unpaired) electrons. The van der Waals surface area contributed by atoms with Gasteiger partial charge in [-0.2, -0.15) is 0 Å². The molecule has 1 atom stereocenters. The van der Waals surface area contributed by atoms with Gasteiger partial charge in [-0.15, -0.1) is 0 Å². The van der Waals surface area contributed by atoms with Gasteiger partial charge in [0.25, 0.3) is 0 Å². The van der Waals surface area contributed by atoms with Gasteiger partial charge in [-0.3, -0.25) is 10.1 Å². The standard InChI is InChI=1S/C24H31FN2O3/c1-18(2)15-30-23-9-5-19(6-10-23)11-24(28)27(14-21-12-26-17-29-16-21)13-20-3-7-22(25)8-4-20/h3-10,18,21,26H,11-17H2,1-2H3. The maximum Gasteiger partial charge on any atom is 0.227 e. The van der Waals surface area contributed by atoms with Gasteiger partial charge in [0.15, 0.2) is 0 Å². The fourth-order valence-electron chi connectivity index (χ4n) is 3.37. The molecule has 0 spiro atoms. The van der Waals surface area contributed by atoms with Crippen LogP contribution in [0.25, 0.3) is 0 Å². The zero-order valence-corrected chi connectivity index (χ0v) is 17.8. The van der Waals surface area contributed by atoms with Crippen LogP contribution < -0.4 is 10.1 Å². The van der Waals surface area contributed by atoms with E-state index in [1.54, 1.807) is 12.1 Å². The van der Waals surface area contributed by atoms with E-state index in [0.717, 1.165) is 23.4 Å². The summed E-state index contributed by atoms with van der Waals surface area (Å²) in [6.07, 6.45) is 0.312. The minimum atomic E-state index is -0.277. The number of ether oxygens (including phenoxy) is 2. The molecule has 0 saturated carbocycles. The van der Waals surface area contributed by atoms with E-state index in [2.05, 4.69) is 19.2 Å². The number of nitrogens with one attached hydrogen (secondary N) is 1. The third-order valence-electron chi connectivity index (χ3n) is 4.97. The van der Waals surface area contributed by atoms with Crippen LogP contribution in [0.1, 0.15) is 25.0 Å². The van der Waals surface area contributed by atoms with Crippen LogP contribution in [0.3, 0.4) is 0 Å². The van der Waals surface area contributed by atoms with Gasteiger partial charge < -0.3 is 14.4 Å². The molecule has 0 aromatic heterocycles. The Bertz CT molecular complexity index is 787. The van der Waals surface area contributed by atoms with E-state index in [4.69, 9.17) is 9.47 Å². The van der Waals surface area contributed by atoms with Crippen LogP contribution in [0.4, 0.5) is 4.39 Å². The molecule has 1 fully saturated rings. The van der Waals surface area contributed by atoms with Crippen molar-refractivity contribution < 1.29 is 18.7 Å². The van der Waals surface area contributed by atoms with Crippen molar-refractivity contribution in [3.63, 3.8) is 0 Å². The van der Waals surface area contributed by atoms with Crippen LogP contribution in [0.2, 0.25) is 0 Å². The molecular formula is C24H31FN2O3. The van der Waals surface area contributed by atoms with Crippen LogP contribution in [-0.4, -0.2) is 43.8 Å². The topological polar surface area (TPSA) is 50.8 Å². The van der Waals surface area contributed by atoms with Crippen molar-refractivity contribution in [1.29, 1.82) is 0 Å². The average Bonchev–Trinajstić information content (AvgIpc) is 2.75. The van der Waals surface area contributed by atoms with Gasteiger partial charge in [-0.05, 0) is 41.3 Å². The van der Waals surface area contributed by atoms with Gasteiger partial charge in [-0.25, -0.2) is 4.39 Å². The van der Waals surface area contributed by atoms with Crippen LogP contribution in [0.15, 0.2) is 48.5 Å². The Hall–Kier alpha value is -2.44. The minimum absolute atomic E-state index is 0.0424. The minimum Gasteiger partial charge on any atom is -0.493 e. The Balaban J connectivity index is 1.64. The maximum absolute atomic E-state index is 13.3. The highest BCUT2D eigenvalue weighted by molar-refractivity contribution is 5.78. The van der Waals surface area contributed by atoms with Crippen molar-refractivity contribution in [2.45, 2.75) is 26.8 Å². The Kier molecular flexibility index (Phi) is 8.22. The van der Waals surface area contributed by atoms with E-state index in [-0.39, 0.29) is 17.6 Å². The molecule has 1 aliphatic heterocycles. The summed E-state index contributed by atoms with van der Waals surface area (Å²) in [6.45, 7) is 7.92. The smallest absolute Gasteiger partial charge is 0.227 e. The lowest BCUT2D eigenvalue weighted by molar-refractivity contribution is -0.132. The second kappa shape index (κ2) is 11.1. The molecule has 2 aromatic carbocycles. The predicted octanol–water partition coefficient (Wildman–Crippen LogP) is 3.63. The molecule has 1 N–H and O–H groups in total. The molecule has 162 valence electrons. The lowest BCUT2D eigenvalue weighted by atomic mass is 10.1. The second-order valence-corrected chi connectivity index (χ2v) is 8.26. The van der Waals surface area contributed by atoms with E-state index in [1.807, 2.05) is 29.2 Å². The first kappa shape index (κ1) is 22.2. The van der Waals surface area contributed by atoms with Gasteiger partial charge in [-0.1, -0.05) is 38.1 Å². The van der Waals surface area contributed by atoms with Crippen molar-refractivity contribution in [2.24, 2.45) is 11.8 Å². The Morgan fingerprint density at radius 3 is 2.50 bits per heavy atom. The van der Waals surface area contributed by atoms with Crippen molar-refractivity contribution in [3.8, 4) is 5.75 Å². The second-order valence-electron chi connectivity index (χ2n) is 8.26. The summed E-state index contributed by atoms with van der Waals surface area (Å²) in [6, 6.07) is 14.0. The monoisotopic (exact) mass is 414 g/mol. The summed E-state index contributed by atoms with van der Waals surface area (Å²) in [5, 5.41) is 3.20. The average molecular weight is 415 g/mol. The molecule has 1 saturated heterocycles. The first-order valence-electron chi connectivity index (χ1n) is 10.5. The van der Waals surface area contributed by atoms with E-state index in [0.29, 0.717) is 45.4 Å².